The van der Waals surface area contributed by atoms with Crippen molar-refractivity contribution in [3.63, 3.8) is 0 Å². The largest absolute Gasteiger partial charge is 0.422 e. The number of hydrogen-bond donors (Lipinski definition) is 0. The summed E-state index contributed by atoms with van der Waals surface area (Å²) in [5.74, 6) is -0.361. The molecule has 0 radical (unpaired) electrons. The van der Waals surface area contributed by atoms with Crippen molar-refractivity contribution in [2.75, 3.05) is 0 Å². The van der Waals surface area contributed by atoms with Gasteiger partial charge >= 0.3 is 5.63 Å². The van der Waals surface area contributed by atoms with Gasteiger partial charge in [-0.15, -0.1) is 0 Å². The van der Waals surface area contributed by atoms with Gasteiger partial charge in [0.1, 0.15) is 16.8 Å². The molecule has 6 rings (SSSR count). The van der Waals surface area contributed by atoms with Crippen molar-refractivity contribution in [2.24, 2.45) is 0 Å². The Morgan fingerprint density at radius 1 is 0.719 bits per heavy atom. The lowest BCUT2D eigenvalue weighted by atomic mass is 10.0. The maximum atomic E-state index is 13.9. The summed E-state index contributed by atoms with van der Waals surface area (Å²) in [4.78, 5) is 26.8. The zero-order valence-electron chi connectivity index (χ0n) is 17.0. The summed E-state index contributed by atoms with van der Waals surface area (Å²) in [6.45, 7) is 0. The number of para-hydroxylation sites is 2. The van der Waals surface area contributed by atoms with Gasteiger partial charge in [0, 0.05) is 16.5 Å². The quantitative estimate of drug-likeness (QED) is 0.259. The van der Waals surface area contributed by atoms with Crippen LogP contribution in [-0.2, 0) is 0 Å². The molecule has 0 aliphatic rings. The van der Waals surface area contributed by atoms with Gasteiger partial charge in [-0.25, -0.2) is 4.79 Å². The molecule has 0 atom stereocenters. The van der Waals surface area contributed by atoms with Gasteiger partial charge in [0.05, 0.1) is 5.52 Å². The van der Waals surface area contributed by atoms with E-state index in [1.807, 2.05) is 89.3 Å². The first-order valence-corrected chi connectivity index (χ1v) is 10.4. The highest BCUT2D eigenvalue weighted by atomic mass is 16.4. The maximum absolute atomic E-state index is 13.9. The van der Waals surface area contributed by atoms with Crippen LogP contribution in [0.3, 0.4) is 0 Å². The predicted molar refractivity (Wildman–Crippen MR) is 126 cm³/mol. The second kappa shape index (κ2) is 7.06. The molecule has 3 aromatic carbocycles. The van der Waals surface area contributed by atoms with Crippen molar-refractivity contribution in [1.82, 2.24) is 4.40 Å². The Labute approximate surface area is 183 Å². The molecule has 0 aliphatic carbocycles. The molecule has 6 aromatic rings. The molecule has 0 fully saturated rings. The Hall–Kier alpha value is -4.44. The van der Waals surface area contributed by atoms with E-state index in [-0.39, 0.29) is 11.3 Å². The maximum Gasteiger partial charge on any atom is 0.347 e. The Bertz CT molecular complexity index is 1710. The molecule has 0 amide bonds. The average Bonchev–Trinajstić information content (AvgIpc) is 3.24. The summed E-state index contributed by atoms with van der Waals surface area (Å²) in [7, 11) is 0. The van der Waals surface area contributed by atoms with Gasteiger partial charge in [-0.2, -0.15) is 0 Å². The molecule has 4 nitrogen and oxygen atoms in total. The standard InChI is InChI=1S/C28H17NO3/c30-27(23-16-20-11-5-7-13-25(20)32-28(23)31)26-22(18-8-2-1-3-9-18)17-21-15-14-19-10-4-6-12-24(19)29(21)26/h1-17H. The molecule has 3 heterocycles. The van der Waals surface area contributed by atoms with E-state index < -0.39 is 5.63 Å². The highest BCUT2D eigenvalue weighted by Gasteiger charge is 2.24. The van der Waals surface area contributed by atoms with E-state index in [4.69, 9.17) is 4.42 Å². The molecule has 32 heavy (non-hydrogen) atoms. The summed E-state index contributed by atoms with van der Waals surface area (Å²) >= 11 is 0. The van der Waals surface area contributed by atoms with Crippen molar-refractivity contribution in [2.45, 2.75) is 0 Å². The minimum Gasteiger partial charge on any atom is -0.422 e. The van der Waals surface area contributed by atoms with Gasteiger partial charge in [-0.05, 0) is 41.3 Å². The summed E-state index contributed by atoms with van der Waals surface area (Å²) in [5, 5.41) is 1.72. The van der Waals surface area contributed by atoms with E-state index in [9.17, 15) is 9.59 Å². The highest BCUT2D eigenvalue weighted by molar-refractivity contribution is 6.14. The fourth-order valence-corrected chi connectivity index (χ4v) is 4.33. The SMILES string of the molecule is O=C(c1cc2ccccc2oc1=O)c1c(-c2ccccc2)cc2ccc3ccccc3n12. The molecule has 0 saturated heterocycles. The molecular formula is C28H17NO3. The monoisotopic (exact) mass is 415 g/mol. The molecule has 3 aromatic heterocycles. The minimum atomic E-state index is -0.636. The van der Waals surface area contributed by atoms with E-state index in [0.29, 0.717) is 16.7 Å². The summed E-state index contributed by atoms with van der Waals surface area (Å²) < 4.78 is 7.41. The smallest absolute Gasteiger partial charge is 0.347 e. The van der Waals surface area contributed by atoms with Gasteiger partial charge in [0.15, 0.2) is 0 Å². The Kier molecular flexibility index (Phi) is 4.05. The van der Waals surface area contributed by atoms with Crippen LogP contribution in [0.1, 0.15) is 16.1 Å². The molecule has 0 N–H and O–H groups in total. The van der Waals surface area contributed by atoms with E-state index in [1.54, 1.807) is 18.2 Å². The van der Waals surface area contributed by atoms with Crippen molar-refractivity contribution in [3.05, 3.63) is 125 Å². The van der Waals surface area contributed by atoms with Gasteiger partial charge in [0.2, 0.25) is 5.78 Å². The van der Waals surface area contributed by atoms with Crippen molar-refractivity contribution >= 4 is 33.2 Å². The first kappa shape index (κ1) is 18.3. The number of fused-ring (bicyclic) bond motifs is 4. The van der Waals surface area contributed by atoms with E-state index in [1.165, 1.54) is 0 Å². The third-order valence-corrected chi connectivity index (χ3v) is 5.83. The van der Waals surface area contributed by atoms with Crippen LogP contribution in [0, 0.1) is 0 Å². The van der Waals surface area contributed by atoms with Crippen LogP contribution < -0.4 is 5.63 Å². The van der Waals surface area contributed by atoms with Crippen LogP contribution in [0.15, 0.2) is 112 Å². The number of carbonyl (C=O) groups excluding carboxylic acids is 1. The number of aromatic nitrogens is 1. The Balaban J connectivity index is 1.71. The molecule has 0 bridgehead atoms. The topological polar surface area (TPSA) is 51.7 Å². The number of nitrogens with zero attached hydrogens (tertiary/aromatic N) is 1. The second-order valence-electron chi connectivity index (χ2n) is 7.74. The van der Waals surface area contributed by atoms with Gasteiger partial charge in [0.25, 0.3) is 0 Å². The summed E-state index contributed by atoms with van der Waals surface area (Å²) in [6, 6.07) is 32.5. The predicted octanol–water partition coefficient (Wildman–Crippen LogP) is 6.10. The third-order valence-electron chi connectivity index (χ3n) is 5.83. The molecule has 0 unspecified atom stereocenters. The van der Waals surface area contributed by atoms with E-state index in [0.717, 1.165) is 27.5 Å². The van der Waals surface area contributed by atoms with Gasteiger partial charge in [-0.3, -0.25) is 4.79 Å². The summed E-state index contributed by atoms with van der Waals surface area (Å²) in [5.41, 5.74) is 3.77. The number of carbonyl (C=O) groups is 1. The zero-order chi connectivity index (χ0) is 21.7. The minimum absolute atomic E-state index is 0.0221. The van der Waals surface area contributed by atoms with Crippen LogP contribution in [0.25, 0.3) is 38.5 Å². The molecule has 0 aliphatic heterocycles. The lowest BCUT2D eigenvalue weighted by molar-refractivity contribution is 0.103. The van der Waals surface area contributed by atoms with Crippen molar-refractivity contribution in [3.8, 4) is 11.1 Å². The first-order valence-electron chi connectivity index (χ1n) is 10.4. The summed E-state index contributed by atoms with van der Waals surface area (Å²) in [6.07, 6.45) is 0. The van der Waals surface area contributed by atoms with Crippen molar-refractivity contribution < 1.29 is 9.21 Å². The molecule has 4 heteroatoms. The highest BCUT2D eigenvalue weighted by Crippen LogP contribution is 2.32. The van der Waals surface area contributed by atoms with Crippen LogP contribution in [-0.4, -0.2) is 10.2 Å². The fraction of sp³-hybridized carbons (Fsp3) is 0. The van der Waals surface area contributed by atoms with Crippen LogP contribution in [0.5, 0.6) is 0 Å². The second-order valence-corrected chi connectivity index (χ2v) is 7.74. The van der Waals surface area contributed by atoms with Crippen LogP contribution in [0.2, 0.25) is 0 Å². The number of ketones is 1. The normalized spacial score (nSPS) is 11.4. The number of benzene rings is 3. The number of pyridine rings is 1. The Morgan fingerprint density at radius 2 is 1.44 bits per heavy atom. The lowest BCUT2D eigenvalue weighted by Gasteiger charge is -2.09. The first-order chi connectivity index (χ1) is 15.7. The molecule has 152 valence electrons. The molecule has 0 saturated carbocycles. The van der Waals surface area contributed by atoms with E-state index >= 15 is 0 Å². The number of hydrogen-bond acceptors (Lipinski definition) is 3. The lowest BCUT2D eigenvalue weighted by Crippen LogP contribution is -2.17. The zero-order valence-corrected chi connectivity index (χ0v) is 17.0. The fourth-order valence-electron chi connectivity index (χ4n) is 4.33. The van der Waals surface area contributed by atoms with Crippen molar-refractivity contribution in [1.29, 1.82) is 0 Å². The molecule has 0 spiro atoms. The number of rotatable bonds is 3. The average molecular weight is 415 g/mol. The van der Waals surface area contributed by atoms with Gasteiger partial charge < -0.3 is 8.82 Å². The van der Waals surface area contributed by atoms with Gasteiger partial charge in [-0.1, -0.05) is 72.8 Å². The van der Waals surface area contributed by atoms with Crippen LogP contribution >= 0.6 is 0 Å². The van der Waals surface area contributed by atoms with E-state index in [2.05, 4.69) is 0 Å². The Morgan fingerprint density at radius 3 is 2.28 bits per heavy atom. The third kappa shape index (κ3) is 2.77. The molecular weight excluding hydrogens is 398 g/mol. The van der Waals surface area contributed by atoms with Crippen LogP contribution in [0.4, 0.5) is 0 Å².